The lowest BCUT2D eigenvalue weighted by atomic mass is 9.67. The Kier molecular flexibility index (Phi) is 8.38. The van der Waals surface area contributed by atoms with Gasteiger partial charge in [-0.2, -0.15) is 18.4 Å². The number of allylic oxidation sites excluding steroid dienone is 3. The van der Waals surface area contributed by atoms with E-state index in [1.165, 1.54) is 17.0 Å². The van der Waals surface area contributed by atoms with Gasteiger partial charge in [-0.15, -0.1) is 0 Å². The molecule has 0 aromatic heterocycles. The van der Waals surface area contributed by atoms with Crippen molar-refractivity contribution in [1.29, 1.82) is 5.26 Å². The maximum Gasteiger partial charge on any atom is 0.418 e. The Labute approximate surface area is 267 Å². The number of ether oxygens (including phenoxy) is 1. The number of hydrogen-bond acceptors (Lipinski definition) is 5. The van der Waals surface area contributed by atoms with Gasteiger partial charge in [0.25, 0.3) is 0 Å². The summed E-state index contributed by atoms with van der Waals surface area (Å²) in [6.45, 7) is 7.82. The third-order valence-electron chi connectivity index (χ3n) is 8.10. The molecule has 5 nitrogen and oxygen atoms in total. The van der Waals surface area contributed by atoms with Gasteiger partial charge in [0.15, 0.2) is 5.78 Å². The van der Waals surface area contributed by atoms with Crippen LogP contribution in [-0.4, -0.2) is 5.78 Å². The van der Waals surface area contributed by atoms with Crippen LogP contribution in [-0.2, 0) is 17.6 Å². The molecule has 1 heterocycles. The molecule has 3 aromatic carbocycles. The van der Waals surface area contributed by atoms with Crippen molar-refractivity contribution in [3.05, 3.63) is 115 Å². The van der Waals surface area contributed by atoms with Gasteiger partial charge in [0.2, 0.25) is 0 Å². The van der Waals surface area contributed by atoms with Crippen LogP contribution < -0.4 is 15.4 Å². The predicted octanol–water partition coefficient (Wildman–Crippen LogP) is 9.26. The fourth-order valence-corrected chi connectivity index (χ4v) is 6.57. The number of ketones is 1. The number of hydrogen-bond donors (Lipinski definition) is 1. The lowest BCUT2D eigenvalue weighted by molar-refractivity contribution is -0.137. The van der Waals surface area contributed by atoms with Crippen LogP contribution in [0.1, 0.15) is 60.4 Å². The van der Waals surface area contributed by atoms with Crippen molar-refractivity contribution in [2.75, 3.05) is 4.90 Å². The van der Waals surface area contributed by atoms with Crippen molar-refractivity contribution in [2.24, 2.45) is 11.1 Å². The number of carbonyl (C=O) groups is 1. The number of Topliss-reactive ketones (excluding diaryl/α,β-unsaturated/α-hetero) is 1. The molecule has 10 heteroatoms. The first-order valence-corrected chi connectivity index (χ1v) is 15.1. The Morgan fingerprint density at radius 3 is 2.43 bits per heavy atom. The van der Waals surface area contributed by atoms with Gasteiger partial charge >= 0.3 is 6.18 Å². The second kappa shape index (κ2) is 11.6. The van der Waals surface area contributed by atoms with Crippen molar-refractivity contribution in [3.8, 4) is 11.8 Å². The largest absolute Gasteiger partial charge is 0.489 e. The number of halogens is 5. The van der Waals surface area contributed by atoms with Crippen molar-refractivity contribution >= 4 is 39.0 Å². The van der Waals surface area contributed by atoms with Crippen molar-refractivity contribution in [1.82, 2.24) is 0 Å². The molecule has 0 amide bonds. The molecule has 0 spiro atoms. The van der Waals surface area contributed by atoms with Crippen LogP contribution in [0.4, 0.5) is 18.9 Å². The third kappa shape index (κ3) is 5.98. The summed E-state index contributed by atoms with van der Waals surface area (Å²) < 4.78 is 50.0. The maximum atomic E-state index is 14.3. The molecule has 3 aromatic rings. The first-order valence-electron chi connectivity index (χ1n) is 13.9. The molecule has 2 aliphatic rings. The summed E-state index contributed by atoms with van der Waals surface area (Å²) in [4.78, 5) is 15.2. The Balaban J connectivity index is 1.71. The Hall–Kier alpha value is -3.74. The van der Waals surface area contributed by atoms with Gasteiger partial charge in [-0.3, -0.25) is 9.69 Å². The molecule has 44 heavy (non-hydrogen) atoms. The zero-order chi connectivity index (χ0) is 32.1. The fourth-order valence-electron chi connectivity index (χ4n) is 6.13. The summed E-state index contributed by atoms with van der Waals surface area (Å²) in [5, 5.41) is 10.4. The third-order valence-corrected chi connectivity index (χ3v) is 8.87. The molecule has 1 atom stereocenters. The minimum atomic E-state index is -4.77. The molecule has 1 aliphatic carbocycles. The summed E-state index contributed by atoms with van der Waals surface area (Å²) in [6.07, 6.45) is -4.32. The van der Waals surface area contributed by atoms with Gasteiger partial charge in [-0.05, 0) is 84.8 Å². The molecule has 5 rings (SSSR count). The molecule has 1 aliphatic heterocycles. The molecular formula is C34H30BrClF3N3O2. The molecule has 228 valence electrons. The summed E-state index contributed by atoms with van der Waals surface area (Å²) in [5.41, 5.74) is 8.68. The van der Waals surface area contributed by atoms with Gasteiger partial charge in [0, 0.05) is 27.2 Å². The van der Waals surface area contributed by atoms with Crippen LogP contribution in [0.2, 0.25) is 5.02 Å². The zero-order valence-corrected chi connectivity index (χ0v) is 26.9. The Morgan fingerprint density at radius 2 is 1.80 bits per heavy atom. The zero-order valence-electron chi connectivity index (χ0n) is 24.6. The van der Waals surface area contributed by atoms with E-state index in [4.69, 9.17) is 22.1 Å². The van der Waals surface area contributed by atoms with E-state index in [1.54, 1.807) is 0 Å². The Bertz CT molecular complexity index is 1770. The van der Waals surface area contributed by atoms with E-state index in [0.29, 0.717) is 17.0 Å². The standard InChI is InChI=1S/C34H30BrClF3N3O2/c1-18-11-20(17-44-23-8-5-21(35)6-9-23)19(2)24(12-18)30-25(16-40)32(41)42(28-14-33(3,4)15-29(43)31(28)30)27-10-7-22(36)13-26(27)34(37,38)39/h5-13,30H,14-15,17,41H2,1-4H3. The van der Waals surface area contributed by atoms with Gasteiger partial charge < -0.3 is 10.5 Å². The number of aryl methyl sites for hydroxylation is 1. The van der Waals surface area contributed by atoms with Crippen LogP contribution in [0.5, 0.6) is 5.75 Å². The highest BCUT2D eigenvalue weighted by molar-refractivity contribution is 9.10. The van der Waals surface area contributed by atoms with E-state index < -0.39 is 23.1 Å². The van der Waals surface area contributed by atoms with Crippen molar-refractivity contribution in [3.63, 3.8) is 0 Å². The fraction of sp³-hybridized carbons (Fsp3) is 0.294. The number of alkyl halides is 3. The topological polar surface area (TPSA) is 79.3 Å². The van der Waals surface area contributed by atoms with E-state index >= 15 is 0 Å². The smallest absolute Gasteiger partial charge is 0.418 e. The number of nitrogens with zero attached hydrogens (tertiary/aromatic N) is 2. The highest BCUT2D eigenvalue weighted by atomic mass is 79.9. The lowest BCUT2D eigenvalue weighted by Crippen LogP contribution is -2.42. The predicted molar refractivity (Wildman–Crippen MR) is 168 cm³/mol. The number of nitrogens with two attached hydrogens (primary N) is 1. The first-order chi connectivity index (χ1) is 20.6. The second-order valence-electron chi connectivity index (χ2n) is 12.0. The molecule has 1 unspecified atom stereocenters. The van der Waals surface area contributed by atoms with Gasteiger partial charge in [0.1, 0.15) is 18.2 Å². The Morgan fingerprint density at radius 1 is 1.11 bits per heavy atom. The summed E-state index contributed by atoms with van der Waals surface area (Å²) >= 11 is 9.40. The maximum absolute atomic E-state index is 14.3. The van der Waals surface area contributed by atoms with Crippen molar-refractivity contribution in [2.45, 2.75) is 59.2 Å². The molecule has 0 saturated carbocycles. The van der Waals surface area contributed by atoms with Crippen LogP contribution in [0.3, 0.4) is 0 Å². The molecule has 0 saturated heterocycles. The van der Waals surface area contributed by atoms with E-state index in [-0.39, 0.29) is 52.9 Å². The minimum absolute atomic E-state index is 0.00774. The number of benzene rings is 3. The summed E-state index contributed by atoms with van der Waals surface area (Å²) in [6, 6.07) is 16.9. The molecular weight excluding hydrogens is 655 g/mol. The molecule has 0 radical (unpaired) electrons. The van der Waals surface area contributed by atoms with Crippen molar-refractivity contribution < 1.29 is 22.7 Å². The van der Waals surface area contributed by atoms with Crippen LogP contribution in [0, 0.1) is 30.6 Å². The van der Waals surface area contributed by atoms with Gasteiger partial charge in [-0.1, -0.05) is 59.1 Å². The lowest BCUT2D eigenvalue weighted by Gasteiger charge is -2.44. The van der Waals surface area contributed by atoms with Gasteiger partial charge in [0.05, 0.1) is 28.8 Å². The van der Waals surface area contributed by atoms with E-state index in [9.17, 15) is 23.2 Å². The number of anilines is 1. The quantitative estimate of drug-likeness (QED) is 0.290. The highest BCUT2D eigenvalue weighted by Gasteiger charge is 2.47. The average Bonchev–Trinajstić information content (AvgIpc) is 2.93. The summed E-state index contributed by atoms with van der Waals surface area (Å²) in [5.74, 6) is -0.572. The van der Waals surface area contributed by atoms with Crippen LogP contribution >= 0.6 is 27.5 Å². The van der Waals surface area contributed by atoms with Crippen LogP contribution in [0.15, 0.2) is 81.7 Å². The summed E-state index contributed by atoms with van der Waals surface area (Å²) in [7, 11) is 0. The normalized spacial score (nSPS) is 18.3. The number of rotatable bonds is 5. The number of nitriles is 1. The first kappa shape index (κ1) is 31.7. The molecule has 0 bridgehead atoms. The SMILES string of the molecule is Cc1cc(COc2ccc(Br)cc2)c(C)c(C2C(C#N)=C(N)N(c3ccc(Cl)cc3C(F)(F)F)C3=C2C(=O)CC(C)(C)C3)c1. The van der Waals surface area contributed by atoms with Crippen LogP contribution in [0.25, 0.3) is 0 Å². The van der Waals surface area contributed by atoms with E-state index in [1.807, 2.05) is 64.1 Å². The highest BCUT2D eigenvalue weighted by Crippen LogP contribution is 2.52. The second-order valence-corrected chi connectivity index (χ2v) is 13.4. The minimum Gasteiger partial charge on any atom is -0.489 e. The molecule has 0 fully saturated rings. The number of carbonyl (C=O) groups excluding carboxylic acids is 1. The molecule has 2 N–H and O–H groups in total. The average molecular weight is 685 g/mol. The van der Waals surface area contributed by atoms with E-state index in [2.05, 4.69) is 22.0 Å². The van der Waals surface area contributed by atoms with E-state index in [0.717, 1.165) is 27.2 Å². The monoisotopic (exact) mass is 683 g/mol. The van der Waals surface area contributed by atoms with Gasteiger partial charge in [-0.25, -0.2) is 0 Å².